The van der Waals surface area contributed by atoms with Crippen LogP contribution in [0.5, 0.6) is 5.75 Å². The van der Waals surface area contributed by atoms with Gasteiger partial charge in [-0.15, -0.1) is 0 Å². The molecule has 2 unspecified atom stereocenters. The monoisotopic (exact) mass is 280 g/mol. The van der Waals surface area contributed by atoms with E-state index in [-0.39, 0.29) is 17.7 Å². The van der Waals surface area contributed by atoms with Crippen LogP contribution < -0.4 is 15.8 Å². The molecule has 1 saturated carbocycles. The first-order valence-corrected chi connectivity index (χ1v) is 6.99. The molecule has 4 nitrogen and oxygen atoms in total. The average Bonchev–Trinajstić information content (AvgIpc) is 2.46. The average molecular weight is 280 g/mol. The highest BCUT2D eigenvalue weighted by molar-refractivity contribution is 5.94. The van der Waals surface area contributed by atoms with Crippen molar-refractivity contribution in [1.82, 2.24) is 5.32 Å². The fourth-order valence-electron chi connectivity index (χ4n) is 2.62. The van der Waals surface area contributed by atoms with Crippen LogP contribution in [0.25, 0.3) is 0 Å². The lowest BCUT2D eigenvalue weighted by Crippen LogP contribution is -2.41. The fourth-order valence-corrected chi connectivity index (χ4v) is 2.62. The lowest BCUT2D eigenvalue weighted by atomic mass is 9.85. The van der Waals surface area contributed by atoms with E-state index in [1.54, 1.807) is 0 Å². The fraction of sp³-hybridized carbons (Fsp3) is 0.533. The number of carbonyl (C=O) groups excluding carboxylic acids is 1. The van der Waals surface area contributed by atoms with Crippen molar-refractivity contribution in [2.45, 2.75) is 31.7 Å². The Morgan fingerprint density at radius 3 is 2.90 bits per heavy atom. The summed E-state index contributed by atoms with van der Waals surface area (Å²) in [5, 5.41) is 2.87. The molecule has 1 fully saturated rings. The van der Waals surface area contributed by atoms with Gasteiger partial charge in [-0.25, -0.2) is 4.39 Å². The van der Waals surface area contributed by atoms with Crippen molar-refractivity contribution >= 4 is 5.91 Å². The van der Waals surface area contributed by atoms with E-state index in [0.717, 1.165) is 12.8 Å². The Balaban J connectivity index is 1.94. The van der Waals surface area contributed by atoms with Crippen molar-refractivity contribution in [3.8, 4) is 5.75 Å². The topological polar surface area (TPSA) is 64.3 Å². The summed E-state index contributed by atoms with van der Waals surface area (Å²) in [4.78, 5) is 12.0. The van der Waals surface area contributed by atoms with Crippen molar-refractivity contribution in [3.63, 3.8) is 0 Å². The van der Waals surface area contributed by atoms with Crippen LogP contribution in [0.4, 0.5) is 4.39 Å². The third-order valence-corrected chi connectivity index (χ3v) is 3.91. The molecule has 0 radical (unpaired) electrons. The third-order valence-electron chi connectivity index (χ3n) is 3.91. The SMILES string of the molecule is COc1cc(C(=O)NCC2CCCCC2N)ccc1F. The summed E-state index contributed by atoms with van der Waals surface area (Å²) in [7, 11) is 1.38. The Hall–Kier alpha value is -1.62. The predicted molar refractivity (Wildman–Crippen MR) is 75.2 cm³/mol. The normalized spacial score (nSPS) is 22.4. The maximum Gasteiger partial charge on any atom is 0.251 e. The second-order valence-corrected chi connectivity index (χ2v) is 5.27. The van der Waals surface area contributed by atoms with Crippen LogP contribution in [-0.4, -0.2) is 25.6 Å². The molecule has 5 heteroatoms. The van der Waals surface area contributed by atoms with E-state index < -0.39 is 5.82 Å². The van der Waals surface area contributed by atoms with E-state index in [1.807, 2.05) is 0 Å². The number of amides is 1. The molecule has 3 N–H and O–H groups in total. The number of halogens is 1. The number of carbonyl (C=O) groups is 1. The highest BCUT2D eigenvalue weighted by Gasteiger charge is 2.22. The van der Waals surface area contributed by atoms with Gasteiger partial charge in [0.05, 0.1) is 7.11 Å². The molecule has 110 valence electrons. The van der Waals surface area contributed by atoms with Gasteiger partial charge in [-0.05, 0) is 37.0 Å². The highest BCUT2D eigenvalue weighted by Crippen LogP contribution is 2.22. The van der Waals surface area contributed by atoms with Gasteiger partial charge in [-0.2, -0.15) is 0 Å². The van der Waals surface area contributed by atoms with Gasteiger partial charge in [-0.3, -0.25) is 4.79 Å². The largest absolute Gasteiger partial charge is 0.494 e. The standard InChI is InChI=1S/C15H21FN2O2/c1-20-14-8-10(6-7-12(14)16)15(19)18-9-11-4-2-3-5-13(11)17/h6-8,11,13H,2-5,9,17H2,1H3,(H,18,19). The Morgan fingerprint density at radius 2 is 2.20 bits per heavy atom. The molecule has 20 heavy (non-hydrogen) atoms. The van der Waals surface area contributed by atoms with Crippen LogP contribution in [0.1, 0.15) is 36.0 Å². The number of hydrogen-bond donors (Lipinski definition) is 2. The molecule has 1 amide bonds. The van der Waals surface area contributed by atoms with E-state index in [4.69, 9.17) is 10.5 Å². The highest BCUT2D eigenvalue weighted by atomic mass is 19.1. The van der Waals surface area contributed by atoms with Gasteiger partial charge >= 0.3 is 0 Å². The molecule has 0 aromatic heterocycles. The van der Waals surface area contributed by atoms with E-state index in [9.17, 15) is 9.18 Å². The second-order valence-electron chi connectivity index (χ2n) is 5.27. The molecule has 1 aliphatic rings. The maximum atomic E-state index is 13.3. The van der Waals surface area contributed by atoms with Crippen molar-refractivity contribution < 1.29 is 13.9 Å². The Kier molecular flexibility index (Phi) is 4.95. The maximum absolute atomic E-state index is 13.3. The quantitative estimate of drug-likeness (QED) is 0.887. The molecule has 0 bridgehead atoms. The van der Waals surface area contributed by atoms with Gasteiger partial charge in [0.2, 0.25) is 0 Å². The zero-order valence-electron chi connectivity index (χ0n) is 11.7. The van der Waals surface area contributed by atoms with Gasteiger partial charge in [0.25, 0.3) is 5.91 Å². The summed E-state index contributed by atoms with van der Waals surface area (Å²) in [6.45, 7) is 0.569. The van der Waals surface area contributed by atoms with Gasteiger partial charge < -0.3 is 15.8 Å². The Labute approximate surface area is 118 Å². The molecule has 0 spiro atoms. The lowest BCUT2D eigenvalue weighted by Gasteiger charge is -2.28. The molecule has 1 aliphatic carbocycles. The Morgan fingerprint density at radius 1 is 1.45 bits per heavy atom. The number of benzene rings is 1. The van der Waals surface area contributed by atoms with Crippen molar-refractivity contribution in [2.75, 3.05) is 13.7 Å². The van der Waals surface area contributed by atoms with Crippen LogP contribution in [0, 0.1) is 11.7 Å². The van der Waals surface area contributed by atoms with Crippen molar-refractivity contribution in [2.24, 2.45) is 11.7 Å². The first kappa shape index (κ1) is 14.8. The molecular weight excluding hydrogens is 259 g/mol. The molecule has 2 rings (SSSR count). The van der Waals surface area contributed by atoms with Crippen LogP contribution in [0.15, 0.2) is 18.2 Å². The summed E-state index contributed by atoms with van der Waals surface area (Å²) in [5.41, 5.74) is 6.44. The summed E-state index contributed by atoms with van der Waals surface area (Å²) >= 11 is 0. The van der Waals surface area contributed by atoms with Crippen molar-refractivity contribution in [1.29, 1.82) is 0 Å². The second kappa shape index (κ2) is 6.70. The molecule has 2 atom stereocenters. The molecule has 0 saturated heterocycles. The number of hydrogen-bond acceptors (Lipinski definition) is 3. The van der Waals surface area contributed by atoms with E-state index in [1.165, 1.54) is 38.2 Å². The van der Waals surface area contributed by atoms with Crippen LogP contribution in [-0.2, 0) is 0 Å². The predicted octanol–water partition coefficient (Wildman–Crippen LogP) is 2.08. The minimum atomic E-state index is -0.474. The number of nitrogens with one attached hydrogen (secondary N) is 1. The number of methoxy groups -OCH3 is 1. The first-order valence-electron chi connectivity index (χ1n) is 6.99. The number of ether oxygens (including phenoxy) is 1. The van der Waals surface area contributed by atoms with Gasteiger partial charge in [0.1, 0.15) is 0 Å². The van der Waals surface area contributed by atoms with Gasteiger partial charge in [-0.1, -0.05) is 12.8 Å². The zero-order chi connectivity index (χ0) is 14.5. The number of rotatable bonds is 4. The van der Waals surface area contributed by atoms with Crippen LogP contribution in [0.3, 0.4) is 0 Å². The Bertz CT molecular complexity index is 479. The smallest absolute Gasteiger partial charge is 0.251 e. The van der Waals surface area contributed by atoms with Gasteiger partial charge in [0, 0.05) is 18.2 Å². The minimum Gasteiger partial charge on any atom is -0.494 e. The zero-order valence-corrected chi connectivity index (χ0v) is 11.7. The summed E-state index contributed by atoms with van der Waals surface area (Å²) < 4.78 is 18.2. The molecule has 1 aromatic carbocycles. The molecule has 1 aromatic rings. The van der Waals surface area contributed by atoms with Gasteiger partial charge in [0.15, 0.2) is 11.6 Å². The minimum absolute atomic E-state index is 0.0759. The molecular formula is C15H21FN2O2. The summed E-state index contributed by atoms with van der Waals surface area (Å²) in [5.74, 6) is -0.290. The lowest BCUT2D eigenvalue weighted by molar-refractivity contribution is 0.0941. The summed E-state index contributed by atoms with van der Waals surface area (Å²) in [6.07, 6.45) is 4.40. The van der Waals surface area contributed by atoms with Crippen LogP contribution in [0.2, 0.25) is 0 Å². The van der Waals surface area contributed by atoms with E-state index >= 15 is 0 Å². The van der Waals surface area contributed by atoms with E-state index in [2.05, 4.69) is 5.32 Å². The molecule has 0 heterocycles. The summed E-state index contributed by atoms with van der Waals surface area (Å²) in [6, 6.07) is 4.26. The van der Waals surface area contributed by atoms with Crippen LogP contribution >= 0.6 is 0 Å². The molecule has 0 aliphatic heterocycles. The first-order chi connectivity index (χ1) is 9.61. The third kappa shape index (κ3) is 3.48. The van der Waals surface area contributed by atoms with Crippen molar-refractivity contribution in [3.05, 3.63) is 29.6 Å². The van der Waals surface area contributed by atoms with E-state index in [0.29, 0.717) is 18.0 Å². The number of nitrogens with two attached hydrogens (primary N) is 1.